The van der Waals surface area contributed by atoms with E-state index < -0.39 is 5.68 Å². The Morgan fingerprint density at radius 3 is 2.64 bits per heavy atom. The van der Waals surface area contributed by atoms with Crippen LogP contribution in [0.5, 0.6) is 0 Å². The zero-order valence-corrected chi connectivity index (χ0v) is 12.1. The summed E-state index contributed by atoms with van der Waals surface area (Å²) in [6, 6.07) is 7.82. The van der Waals surface area contributed by atoms with Gasteiger partial charge in [0.15, 0.2) is 7.85 Å². The minimum atomic E-state index is -0.557. The fraction of sp³-hybridized carbons (Fsp3) is 0. The molecule has 0 aliphatic heterocycles. The number of aromatic nitrogens is 2. The number of hydrogen-bond donors (Lipinski definition) is 1. The lowest BCUT2D eigenvalue weighted by molar-refractivity contribution is 0.108. The third kappa shape index (κ3) is 3.04. The van der Waals surface area contributed by atoms with Gasteiger partial charge in [0.25, 0.3) is 0 Å². The van der Waals surface area contributed by atoms with Crippen LogP contribution in [0.3, 0.4) is 0 Å². The first-order valence-electron chi connectivity index (χ1n) is 6.36. The predicted molar refractivity (Wildman–Crippen MR) is 85.1 cm³/mol. The van der Waals surface area contributed by atoms with E-state index in [9.17, 15) is 9.18 Å². The summed E-state index contributed by atoms with van der Waals surface area (Å²) in [5, 5.41) is 3.42. The second kappa shape index (κ2) is 6.07. The highest BCUT2D eigenvalue weighted by Crippen LogP contribution is 2.33. The first kappa shape index (κ1) is 14.4. The minimum absolute atomic E-state index is 0.250. The summed E-state index contributed by atoms with van der Waals surface area (Å²) in [5.41, 5.74) is 1.74. The Morgan fingerprint density at radius 2 is 1.95 bits per heavy atom. The summed E-state index contributed by atoms with van der Waals surface area (Å²) < 4.78 is 13.0. The number of thiazole rings is 1. The molecule has 4 nitrogen and oxygen atoms in total. The summed E-state index contributed by atoms with van der Waals surface area (Å²) in [5.74, 6) is -0.300. The van der Waals surface area contributed by atoms with Gasteiger partial charge in [0.1, 0.15) is 16.5 Å². The molecular formula is C15H9BFN3OS. The fourth-order valence-corrected chi connectivity index (χ4v) is 2.72. The van der Waals surface area contributed by atoms with E-state index in [2.05, 4.69) is 15.3 Å². The number of anilines is 2. The summed E-state index contributed by atoms with van der Waals surface area (Å²) in [6.45, 7) is 0. The van der Waals surface area contributed by atoms with Crippen molar-refractivity contribution < 1.29 is 9.18 Å². The van der Waals surface area contributed by atoms with Crippen LogP contribution in [0, 0.1) is 5.82 Å². The van der Waals surface area contributed by atoms with Crippen LogP contribution in [0.15, 0.2) is 48.9 Å². The highest BCUT2D eigenvalue weighted by Gasteiger charge is 2.11. The van der Waals surface area contributed by atoms with E-state index in [0.717, 1.165) is 21.8 Å². The summed E-state index contributed by atoms with van der Waals surface area (Å²) in [7, 11) is 5.23. The van der Waals surface area contributed by atoms with Crippen molar-refractivity contribution in [2.75, 3.05) is 5.32 Å². The number of pyridine rings is 1. The molecule has 1 aromatic carbocycles. The number of carbonyl (C=O) groups is 1. The Kier molecular flexibility index (Phi) is 3.97. The van der Waals surface area contributed by atoms with E-state index in [0.29, 0.717) is 0 Å². The molecule has 0 spiro atoms. The molecule has 3 rings (SSSR count). The SMILES string of the molecule is [B]C(=O)c1ncc(-c2ccncc2Nc2ccc(F)cc2)s1. The third-order valence-electron chi connectivity index (χ3n) is 2.93. The number of hydrogen-bond acceptors (Lipinski definition) is 5. The van der Waals surface area contributed by atoms with Gasteiger partial charge < -0.3 is 10.1 Å². The van der Waals surface area contributed by atoms with Crippen molar-refractivity contribution >= 4 is 36.2 Å². The molecule has 0 aliphatic rings. The molecule has 2 aromatic heterocycles. The Morgan fingerprint density at radius 1 is 1.18 bits per heavy atom. The van der Waals surface area contributed by atoms with Crippen LogP contribution in [0.1, 0.15) is 9.80 Å². The van der Waals surface area contributed by atoms with Gasteiger partial charge in [-0.3, -0.25) is 4.98 Å². The van der Waals surface area contributed by atoms with Crippen LogP contribution in [0.4, 0.5) is 15.8 Å². The van der Waals surface area contributed by atoms with Crippen LogP contribution >= 0.6 is 11.3 Å². The maximum atomic E-state index is 13.0. The highest BCUT2D eigenvalue weighted by atomic mass is 32.1. The van der Waals surface area contributed by atoms with Gasteiger partial charge in [-0.2, -0.15) is 0 Å². The Hall–Kier alpha value is -2.54. The van der Waals surface area contributed by atoms with Crippen LogP contribution in [0.25, 0.3) is 10.4 Å². The summed E-state index contributed by atoms with van der Waals surface area (Å²) >= 11 is 1.21. The van der Waals surface area contributed by atoms with E-state index in [-0.39, 0.29) is 10.8 Å². The first-order valence-corrected chi connectivity index (χ1v) is 7.18. The average molecular weight is 309 g/mol. The monoisotopic (exact) mass is 309 g/mol. The quantitative estimate of drug-likeness (QED) is 0.751. The van der Waals surface area contributed by atoms with E-state index in [1.54, 1.807) is 30.7 Å². The largest absolute Gasteiger partial charge is 0.354 e. The molecule has 0 unspecified atom stereocenters. The standard InChI is InChI=1S/C15H9BFN3OS/c16-14(21)15-19-8-13(22-15)11-5-6-18-7-12(11)20-10-3-1-9(17)2-4-10/h1-8,20H. The molecule has 0 saturated carbocycles. The lowest BCUT2D eigenvalue weighted by Gasteiger charge is -2.10. The normalized spacial score (nSPS) is 10.4. The molecule has 0 bridgehead atoms. The van der Waals surface area contributed by atoms with Gasteiger partial charge in [0.2, 0.25) is 0 Å². The second-order valence-electron chi connectivity index (χ2n) is 4.45. The van der Waals surface area contributed by atoms with Crippen LogP contribution in [0.2, 0.25) is 0 Å². The number of benzene rings is 1. The van der Waals surface area contributed by atoms with Gasteiger partial charge in [0.05, 0.1) is 16.8 Å². The fourth-order valence-electron chi connectivity index (χ4n) is 1.91. The van der Waals surface area contributed by atoms with Crippen LogP contribution in [-0.2, 0) is 0 Å². The zero-order chi connectivity index (χ0) is 15.5. The average Bonchev–Trinajstić information content (AvgIpc) is 3.00. The summed E-state index contributed by atoms with van der Waals surface area (Å²) in [4.78, 5) is 20.0. The van der Waals surface area contributed by atoms with Gasteiger partial charge in [-0.15, -0.1) is 11.3 Å². The van der Waals surface area contributed by atoms with E-state index >= 15 is 0 Å². The Labute approximate surface area is 131 Å². The zero-order valence-electron chi connectivity index (χ0n) is 11.3. The van der Waals surface area contributed by atoms with Gasteiger partial charge >= 0.3 is 0 Å². The second-order valence-corrected chi connectivity index (χ2v) is 5.48. The van der Waals surface area contributed by atoms with Crippen molar-refractivity contribution in [3.8, 4) is 10.4 Å². The Bertz CT molecular complexity index is 820. The van der Waals surface area contributed by atoms with Gasteiger partial charge in [-0.1, -0.05) is 0 Å². The molecule has 3 aromatic rings. The topological polar surface area (TPSA) is 54.9 Å². The lowest BCUT2D eigenvalue weighted by atomic mass is 10.0. The molecule has 0 saturated heterocycles. The molecule has 0 aliphatic carbocycles. The van der Waals surface area contributed by atoms with E-state index in [1.165, 1.54) is 23.5 Å². The molecule has 0 atom stereocenters. The number of nitrogens with one attached hydrogen (secondary N) is 1. The molecule has 0 fully saturated rings. The van der Waals surface area contributed by atoms with E-state index in [4.69, 9.17) is 7.85 Å². The van der Waals surface area contributed by atoms with Crippen molar-refractivity contribution in [1.82, 2.24) is 9.97 Å². The number of halogens is 1. The molecule has 2 heterocycles. The van der Waals surface area contributed by atoms with Crippen LogP contribution in [-0.4, -0.2) is 23.5 Å². The number of nitrogens with zero attached hydrogens (tertiary/aromatic N) is 2. The number of rotatable bonds is 4. The van der Waals surface area contributed by atoms with Gasteiger partial charge in [0, 0.05) is 23.6 Å². The molecule has 22 heavy (non-hydrogen) atoms. The summed E-state index contributed by atoms with van der Waals surface area (Å²) in [6.07, 6.45) is 4.90. The van der Waals surface area contributed by atoms with Gasteiger partial charge in [-0.05, 0) is 30.3 Å². The van der Waals surface area contributed by atoms with Crippen molar-refractivity contribution in [2.45, 2.75) is 0 Å². The molecule has 1 N–H and O–H groups in total. The molecular weight excluding hydrogens is 300 g/mol. The third-order valence-corrected chi connectivity index (χ3v) is 3.97. The minimum Gasteiger partial charge on any atom is -0.354 e. The van der Waals surface area contributed by atoms with E-state index in [1.807, 2.05) is 6.07 Å². The maximum Gasteiger partial charge on any atom is 0.178 e. The van der Waals surface area contributed by atoms with Crippen LogP contribution < -0.4 is 5.32 Å². The van der Waals surface area contributed by atoms with Gasteiger partial charge in [-0.25, -0.2) is 9.37 Å². The predicted octanol–water partition coefficient (Wildman–Crippen LogP) is 3.40. The number of carbonyl (C=O) groups excluding carboxylic acids is 1. The maximum absolute atomic E-state index is 13.0. The Balaban J connectivity index is 1.95. The molecule has 106 valence electrons. The van der Waals surface area contributed by atoms with Crippen molar-refractivity contribution in [1.29, 1.82) is 0 Å². The van der Waals surface area contributed by atoms with Crippen molar-refractivity contribution in [2.24, 2.45) is 0 Å². The van der Waals surface area contributed by atoms with Crippen molar-refractivity contribution in [3.63, 3.8) is 0 Å². The van der Waals surface area contributed by atoms with Crippen molar-refractivity contribution in [3.05, 3.63) is 59.7 Å². The highest BCUT2D eigenvalue weighted by molar-refractivity contribution is 7.18. The smallest absolute Gasteiger partial charge is 0.178 e. The molecule has 0 amide bonds. The molecule has 7 heteroatoms. The molecule has 2 radical (unpaired) electrons. The lowest BCUT2D eigenvalue weighted by Crippen LogP contribution is -1.94. The first-order chi connectivity index (χ1) is 10.6.